The Kier molecular flexibility index (Phi) is 3.02. The van der Waals surface area contributed by atoms with E-state index in [1.54, 1.807) is 6.07 Å². The molecule has 0 spiro atoms. The number of aromatic amines is 1. The standard InChI is InChI=1S/C8H9N5O3S/c14-5-6-4-10-12-8(6)17(15,16)13-7-2-1-3-9-11-7/h1-4,14H,5H2,(H,10,12)(H,11,13). The molecule has 2 aromatic heterocycles. The number of anilines is 1. The number of aromatic nitrogens is 4. The van der Waals surface area contributed by atoms with Crippen LogP contribution in [-0.4, -0.2) is 33.9 Å². The van der Waals surface area contributed by atoms with Crippen molar-refractivity contribution in [2.75, 3.05) is 4.72 Å². The van der Waals surface area contributed by atoms with E-state index in [4.69, 9.17) is 5.11 Å². The van der Waals surface area contributed by atoms with E-state index in [0.29, 0.717) is 0 Å². The highest BCUT2D eigenvalue weighted by Gasteiger charge is 2.20. The summed E-state index contributed by atoms with van der Waals surface area (Å²) in [6.07, 6.45) is 2.67. The van der Waals surface area contributed by atoms with Crippen LogP contribution in [0.25, 0.3) is 0 Å². The zero-order chi connectivity index (χ0) is 12.3. The van der Waals surface area contributed by atoms with Gasteiger partial charge in [0, 0.05) is 11.8 Å². The molecule has 0 aliphatic rings. The summed E-state index contributed by atoms with van der Waals surface area (Å²) in [6, 6.07) is 3.00. The lowest BCUT2D eigenvalue weighted by atomic mass is 10.4. The summed E-state index contributed by atoms with van der Waals surface area (Å²) in [4.78, 5) is 0. The van der Waals surface area contributed by atoms with Crippen molar-refractivity contribution in [1.29, 1.82) is 0 Å². The van der Waals surface area contributed by atoms with Gasteiger partial charge in [-0.3, -0.25) is 9.82 Å². The Labute approximate surface area is 96.8 Å². The first-order valence-corrected chi connectivity index (χ1v) is 6.05. The third-order valence-electron chi connectivity index (χ3n) is 1.93. The first kappa shape index (κ1) is 11.5. The van der Waals surface area contributed by atoms with Gasteiger partial charge in [-0.15, -0.1) is 5.10 Å². The molecule has 90 valence electrons. The Morgan fingerprint density at radius 1 is 1.47 bits per heavy atom. The summed E-state index contributed by atoms with van der Waals surface area (Å²) in [5.41, 5.74) is 0.182. The number of aliphatic hydroxyl groups excluding tert-OH is 1. The normalized spacial score (nSPS) is 11.4. The maximum Gasteiger partial charge on any atom is 0.280 e. The number of rotatable bonds is 4. The number of hydrogen-bond acceptors (Lipinski definition) is 6. The molecule has 0 atom stereocenters. The van der Waals surface area contributed by atoms with Crippen LogP contribution in [0, 0.1) is 0 Å². The SMILES string of the molecule is O=S(=O)(Nc1cccnn1)c1[nH]ncc1CO. The Morgan fingerprint density at radius 2 is 2.29 bits per heavy atom. The zero-order valence-corrected chi connectivity index (χ0v) is 9.35. The molecule has 17 heavy (non-hydrogen) atoms. The minimum absolute atomic E-state index is 0.0889. The van der Waals surface area contributed by atoms with Crippen molar-refractivity contribution in [2.45, 2.75) is 11.6 Å². The van der Waals surface area contributed by atoms with Crippen molar-refractivity contribution >= 4 is 15.8 Å². The maximum atomic E-state index is 11.9. The molecule has 0 saturated heterocycles. The smallest absolute Gasteiger partial charge is 0.280 e. The lowest BCUT2D eigenvalue weighted by Gasteiger charge is -2.05. The number of aliphatic hydroxyl groups is 1. The molecule has 0 bridgehead atoms. The van der Waals surface area contributed by atoms with Crippen LogP contribution in [0.4, 0.5) is 5.82 Å². The fourth-order valence-corrected chi connectivity index (χ4v) is 2.31. The van der Waals surface area contributed by atoms with Crippen molar-refractivity contribution in [3.8, 4) is 0 Å². The quantitative estimate of drug-likeness (QED) is 0.676. The van der Waals surface area contributed by atoms with Gasteiger partial charge in [-0.25, -0.2) is 0 Å². The molecule has 8 nitrogen and oxygen atoms in total. The molecule has 0 aromatic carbocycles. The molecule has 9 heteroatoms. The minimum Gasteiger partial charge on any atom is -0.392 e. The van der Waals surface area contributed by atoms with E-state index >= 15 is 0 Å². The monoisotopic (exact) mass is 255 g/mol. The molecule has 0 unspecified atom stereocenters. The predicted octanol–water partition coefficient (Wildman–Crippen LogP) is -0.507. The third kappa shape index (κ3) is 2.40. The van der Waals surface area contributed by atoms with E-state index in [-0.39, 0.29) is 16.4 Å². The summed E-state index contributed by atoms with van der Waals surface area (Å²) in [6.45, 7) is -0.423. The number of nitrogens with one attached hydrogen (secondary N) is 2. The van der Waals surface area contributed by atoms with Gasteiger partial charge in [-0.2, -0.15) is 18.6 Å². The van der Waals surface area contributed by atoms with Gasteiger partial charge in [0.25, 0.3) is 10.0 Å². The van der Waals surface area contributed by atoms with Crippen LogP contribution < -0.4 is 4.72 Å². The Balaban J connectivity index is 2.32. The van der Waals surface area contributed by atoms with E-state index in [0.717, 1.165) is 0 Å². The van der Waals surface area contributed by atoms with E-state index in [2.05, 4.69) is 25.1 Å². The Bertz CT molecular complexity index is 595. The van der Waals surface area contributed by atoms with E-state index in [9.17, 15) is 8.42 Å². The van der Waals surface area contributed by atoms with Crippen LogP contribution in [0.3, 0.4) is 0 Å². The average molecular weight is 255 g/mol. The van der Waals surface area contributed by atoms with Crippen LogP contribution in [0.2, 0.25) is 0 Å². The lowest BCUT2D eigenvalue weighted by molar-refractivity contribution is 0.278. The van der Waals surface area contributed by atoms with Crippen LogP contribution in [0.5, 0.6) is 0 Å². The summed E-state index contributed by atoms with van der Waals surface area (Å²) in [7, 11) is -3.84. The number of H-pyrrole nitrogens is 1. The molecule has 2 heterocycles. The number of sulfonamides is 1. The van der Waals surface area contributed by atoms with Gasteiger partial charge in [0.1, 0.15) is 0 Å². The van der Waals surface area contributed by atoms with Gasteiger partial charge in [0.15, 0.2) is 10.8 Å². The van der Waals surface area contributed by atoms with E-state index < -0.39 is 16.6 Å². The first-order valence-electron chi connectivity index (χ1n) is 4.57. The molecule has 0 amide bonds. The van der Waals surface area contributed by atoms with E-state index in [1.165, 1.54) is 18.5 Å². The zero-order valence-electron chi connectivity index (χ0n) is 8.53. The summed E-state index contributed by atoms with van der Waals surface area (Å²) in [5, 5.41) is 21.8. The van der Waals surface area contributed by atoms with Crippen molar-refractivity contribution in [2.24, 2.45) is 0 Å². The minimum atomic E-state index is -3.84. The topological polar surface area (TPSA) is 121 Å². The fraction of sp³-hybridized carbons (Fsp3) is 0.125. The van der Waals surface area contributed by atoms with Gasteiger partial charge >= 0.3 is 0 Å². The van der Waals surface area contributed by atoms with Gasteiger partial charge in [-0.05, 0) is 12.1 Å². The third-order valence-corrected chi connectivity index (χ3v) is 3.30. The van der Waals surface area contributed by atoms with Crippen molar-refractivity contribution in [3.63, 3.8) is 0 Å². The fourth-order valence-electron chi connectivity index (χ4n) is 1.19. The molecule has 0 saturated carbocycles. The van der Waals surface area contributed by atoms with Crippen molar-refractivity contribution in [3.05, 3.63) is 30.1 Å². The molecule has 3 N–H and O–H groups in total. The Hall–Kier alpha value is -2.00. The van der Waals surface area contributed by atoms with Gasteiger partial charge < -0.3 is 5.11 Å². The second kappa shape index (κ2) is 4.47. The highest BCUT2D eigenvalue weighted by molar-refractivity contribution is 7.92. The van der Waals surface area contributed by atoms with Gasteiger partial charge in [0.2, 0.25) is 0 Å². The molecule has 0 fully saturated rings. The summed E-state index contributed by atoms with van der Waals surface area (Å²) < 4.78 is 26.0. The Morgan fingerprint density at radius 3 is 2.94 bits per heavy atom. The van der Waals surface area contributed by atoms with E-state index in [1.807, 2.05) is 0 Å². The van der Waals surface area contributed by atoms with Gasteiger partial charge in [0.05, 0.1) is 12.8 Å². The van der Waals surface area contributed by atoms with Crippen LogP contribution in [-0.2, 0) is 16.6 Å². The largest absolute Gasteiger partial charge is 0.392 e. The predicted molar refractivity (Wildman–Crippen MR) is 57.4 cm³/mol. The molecule has 2 aromatic rings. The second-order valence-electron chi connectivity index (χ2n) is 3.10. The van der Waals surface area contributed by atoms with Crippen LogP contribution in [0.1, 0.15) is 5.56 Å². The van der Waals surface area contributed by atoms with Crippen LogP contribution >= 0.6 is 0 Å². The molecule has 0 aliphatic carbocycles. The van der Waals surface area contributed by atoms with Gasteiger partial charge in [-0.1, -0.05) is 0 Å². The molecule has 2 rings (SSSR count). The first-order chi connectivity index (χ1) is 8.13. The molecule has 0 radical (unpaired) electrons. The van der Waals surface area contributed by atoms with Crippen LogP contribution in [0.15, 0.2) is 29.6 Å². The summed E-state index contributed by atoms with van der Waals surface area (Å²) >= 11 is 0. The molecular formula is C8H9N5O3S. The summed E-state index contributed by atoms with van der Waals surface area (Å²) in [5.74, 6) is 0.0889. The number of hydrogen-bond donors (Lipinski definition) is 3. The maximum absolute atomic E-state index is 11.9. The molecule has 0 aliphatic heterocycles. The second-order valence-corrected chi connectivity index (χ2v) is 4.72. The number of nitrogens with zero attached hydrogens (tertiary/aromatic N) is 3. The van der Waals surface area contributed by atoms with Crippen molar-refractivity contribution in [1.82, 2.24) is 20.4 Å². The van der Waals surface area contributed by atoms with Crippen molar-refractivity contribution < 1.29 is 13.5 Å². The molecular weight excluding hydrogens is 246 g/mol. The highest BCUT2D eigenvalue weighted by atomic mass is 32.2. The highest BCUT2D eigenvalue weighted by Crippen LogP contribution is 2.15. The lowest BCUT2D eigenvalue weighted by Crippen LogP contribution is -2.16. The average Bonchev–Trinajstić information content (AvgIpc) is 2.78.